The second-order valence-corrected chi connectivity index (χ2v) is 4.82. The molecule has 1 nitrogen and oxygen atoms in total. The zero-order valence-electron chi connectivity index (χ0n) is 10.2. The Kier molecular flexibility index (Phi) is 2.36. The minimum atomic E-state index is -2.81. The predicted molar refractivity (Wildman–Crippen MR) is 69.4 cm³/mol. The first kappa shape index (κ1) is 12.0. The molecule has 96 valence electrons. The van der Waals surface area contributed by atoms with Crippen molar-refractivity contribution in [3.8, 4) is 0 Å². The summed E-state index contributed by atoms with van der Waals surface area (Å²) in [6.07, 6.45) is 2.71. The van der Waals surface area contributed by atoms with Gasteiger partial charge in [-0.25, -0.2) is 8.78 Å². The molecule has 1 aromatic carbocycles. The van der Waals surface area contributed by atoms with Crippen LogP contribution < -0.4 is 0 Å². The minimum absolute atomic E-state index is 0.243. The van der Waals surface area contributed by atoms with Crippen LogP contribution in [-0.2, 0) is 0 Å². The highest BCUT2D eigenvalue weighted by Crippen LogP contribution is 2.66. The largest absolute Gasteiger partial charge is 0.289 e. The number of fused-ring (bicyclic) bond motifs is 3. The highest BCUT2D eigenvalue weighted by Gasteiger charge is 2.71. The van der Waals surface area contributed by atoms with Crippen LogP contribution in [0, 0.1) is 5.92 Å². The summed E-state index contributed by atoms with van der Waals surface area (Å²) in [5.41, 5.74) is 1.33. The van der Waals surface area contributed by atoms with Crippen LogP contribution in [0.2, 0.25) is 0 Å². The van der Waals surface area contributed by atoms with Gasteiger partial charge in [-0.15, -0.1) is 0 Å². The van der Waals surface area contributed by atoms with E-state index < -0.39 is 17.8 Å². The van der Waals surface area contributed by atoms with E-state index in [1.807, 2.05) is 0 Å². The summed E-state index contributed by atoms with van der Waals surface area (Å²) in [6.45, 7) is 7.15. The first-order valence-electron chi connectivity index (χ1n) is 6.04. The molecule has 0 radical (unpaired) electrons. The lowest BCUT2D eigenvalue weighted by Crippen LogP contribution is -2.09. The Hall–Kier alpha value is -2.03. The number of allylic oxidation sites excluding steroid dienone is 4. The first-order chi connectivity index (χ1) is 9.04. The smallest absolute Gasteiger partial charge is 0.263 e. The molecule has 0 saturated heterocycles. The van der Waals surface area contributed by atoms with Gasteiger partial charge >= 0.3 is 0 Å². The molecular weight excluding hydrogens is 246 g/mol. The van der Waals surface area contributed by atoms with Gasteiger partial charge < -0.3 is 0 Å². The molecule has 0 heterocycles. The Morgan fingerprint density at radius 3 is 2.42 bits per heavy atom. The third-order valence-electron chi connectivity index (χ3n) is 3.91. The Bertz CT molecular complexity index is 640. The molecule has 0 aliphatic heterocycles. The van der Waals surface area contributed by atoms with Crippen LogP contribution in [0.15, 0.2) is 60.7 Å². The van der Waals surface area contributed by atoms with Gasteiger partial charge in [-0.1, -0.05) is 49.6 Å². The molecule has 0 bridgehead atoms. The van der Waals surface area contributed by atoms with Gasteiger partial charge in [0.1, 0.15) is 0 Å². The van der Waals surface area contributed by atoms with Crippen molar-refractivity contribution in [2.75, 3.05) is 0 Å². The summed E-state index contributed by atoms with van der Waals surface area (Å²) in [7, 11) is 0. The van der Waals surface area contributed by atoms with E-state index in [1.54, 1.807) is 24.3 Å². The molecule has 0 N–H and O–H groups in total. The molecule has 0 aromatic heterocycles. The normalized spacial score (nSPS) is 27.2. The molecule has 2 aliphatic carbocycles. The average Bonchev–Trinajstić information content (AvgIpc) is 2.99. The fourth-order valence-electron chi connectivity index (χ4n) is 2.97. The number of hydrogen-bond donors (Lipinski definition) is 0. The quantitative estimate of drug-likeness (QED) is 0.786. The average molecular weight is 258 g/mol. The van der Waals surface area contributed by atoms with Crippen LogP contribution in [0.1, 0.15) is 21.8 Å². The van der Waals surface area contributed by atoms with E-state index in [9.17, 15) is 13.6 Å². The second-order valence-electron chi connectivity index (χ2n) is 4.82. The van der Waals surface area contributed by atoms with Crippen LogP contribution in [0.3, 0.4) is 0 Å². The second kappa shape index (κ2) is 3.73. The highest BCUT2D eigenvalue weighted by atomic mass is 19.3. The number of ketones is 1. The van der Waals surface area contributed by atoms with Crippen molar-refractivity contribution in [1.82, 2.24) is 0 Å². The summed E-state index contributed by atoms with van der Waals surface area (Å²) in [5.74, 6) is -4.93. The number of Topliss-reactive ketones (excluding diaryl/α,β-unsaturated/α-hetero) is 1. The minimum Gasteiger partial charge on any atom is -0.289 e. The molecule has 1 saturated carbocycles. The van der Waals surface area contributed by atoms with Gasteiger partial charge in [0, 0.05) is 11.1 Å². The summed E-state index contributed by atoms with van der Waals surface area (Å²) in [4.78, 5) is 12.4. The van der Waals surface area contributed by atoms with Crippen LogP contribution in [-0.4, -0.2) is 11.7 Å². The SMILES string of the molecule is C=CC1=C(C=C)C2C(c3ccccc3C1=O)C2(F)F. The zero-order valence-corrected chi connectivity index (χ0v) is 10.2. The van der Waals surface area contributed by atoms with Crippen LogP contribution in [0.4, 0.5) is 8.78 Å². The van der Waals surface area contributed by atoms with E-state index in [1.165, 1.54) is 12.2 Å². The summed E-state index contributed by atoms with van der Waals surface area (Å²) >= 11 is 0. The lowest BCUT2D eigenvalue weighted by atomic mass is 9.95. The number of halogens is 2. The molecular formula is C16H12F2O. The van der Waals surface area contributed by atoms with E-state index in [-0.39, 0.29) is 11.4 Å². The Balaban J connectivity index is 2.31. The van der Waals surface area contributed by atoms with E-state index in [4.69, 9.17) is 0 Å². The number of alkyl halides is 2. The van der Waals surface area contributed by atoms with Crippen molar-refractivity contribution in [2.24, 2.45) is 5.92 Å². The number of rotatable bonds is 2. The highest BCUT2D eigenvalue weighted by molar-refractivity contribution is 6.13. The van der Waals surface area contributed by atoms with Crippen molar-refractivity contribution in [1.29, 1.82) is 0 Å². The van der Waals surface area contributed by atoms with Crippen LogP contribution in [0.5, 0.6) is 0 Å². The molecule has 19 heavy (non-hydrogen) atoms. The number of carbonyl (C=O) groups is 1. The van der Waals surface area contributed by atoms with Crippen molar-refractivity contribution in [3.63, 3.8) is 0 Å². The first-order valence-corrected chi connectivity index (χ1v) is 6.04. The van der Waals surface area contributed by atoms with Gasteiger partial charge in [-0.3, -0.25) is 4.79 Å². The predicted octanol–water partition coefficient (Wildman–Crippen LogP) is 3.90. The maximum atomic E-state index is 14.0. The number of hydrogen-bond acceptors (Lipinski definition) is 1. The Labute approximate surface area is 109 Å². The van der Waals surface area contributed by atoms with E-state index in [0.29, 0.717) is 16.7 Å². The Morgan fingerprint density at radius 2 is 1.79 bits per heavy atom. The molecule has 2 aliphatic rings. The number of carbonyl (C=O) groups excluding carboxylic acids is 1. The van der Waals surface area contributed by atoms with Gasteiger partial charge in [-0.05, 0) is 11.1 Å². The maximum Gasteiger partial charge on any atom is 0.263 e. The molecule has 0 spiro atoms. The lowest BCUT2D eigenvalue weighted by Gasteiger charge is -2.09. The standard InChI is InChI=1S/C16H12F2O/c1-3-9-10(4-2)15(19)12-8-6-5-7-11(12)14-13(9)16(14,17)18/h3-8,13-14H,1-2H2. The van der Waals surface area contributed by atoms with E-state index >= 15 is 0 Å². The van der Waals surface area contributed by atoms with Crippen molar-refractivity contribution in [2.45, 2.75) is 11.8 Å². The van der Waals surface area contributed by atoms with E-state index in [0.717, 1.165) is 0 Å². The molecule has 1 aromatic rings. The molecule has 0 amide bonds. The summed E-state index contributed by atoms with van der Waals surface area (Å²) in [5, 5.41) is 0. The van der Waals surface area contributed by atoms with Gasteiger partial charge in [0.2, 0.25) is 0 Å². The topological polar surface area (TPSA) is 17.1 Å². The van der Waals surface area contributed by atoms with Gasteiger partial charge in [0.25, 0.3) is 5.92 Å². The van der Waals surface area contributed by atoms with Gasteiger partial charge in [0.05, 0.1) is 11.8 Å². The number of benzene rings is 1. The van der Waals surface area contributed by atoms with Crippen molar-refractivity contribution < 1.29 is 13.6 Å². The Morgan fingerprint density at radius 1 is 1.11 bits per heavy atom. The van der Waals surface area contributed by atoms with Gasteiger partial charge in [0.15, 0.2) is 5.78 Å². The monoisotopic (exact) mass is 258 g/mol. The third-order valence-corrected chi connectivity index (χ3v) is 3.91. The molecule has 3 heteroatoms. The zero-order chi connectivity index (χ0) is 13.8. The summed E-state index contributed by atoms with van der Waals surface area (Å²) < 4.78 is 28.0. The molecule has 2 unspecified atom stereocenters. The maximum absolute atomic E-state index is 14.0. The third kappa shape index (κ3) is 1.41. The summed E-state index contributed by atoms with van der Waals surface area (Å²) in [6, 6.07) is 6.58. The molecule has 1 fully saturated rings. The van der Waals surface area contributed by atoms with Crippen molar-refractivity contribution in [3.05, 3.63) is 71.8 Å². The molecule has 3 rings (SSSR count). The lowest BCUT2D eigenvalue weighted by molar-refractivity contribution is 0.0967. The van der Waals surface area contributed by atoms with Gasteiger partial charge in [-0.2, -0.15) is 0 Å². The van der Waals surface area contributed by atoms with Crippen LogP contribution >= 0.6 is 0 Å². The molecule has 2 atom stereocenters. The van der Waals surface area contributed by atoms with Crippen LogP contribution in [0.25, 0.3) is 0 Å². The van der Waals surface area contributed by atoms with Crippen molar-refractivity contribution >= 4 is 5.78 Å². The fraction of sp³-hybridized carbons (Fsp3) is 0.188. The van der Waals surface area contributed by atoms with E-state index in [2.05, 4.69) is 13.2 Å². The fourth-order valence-corrected chi connectivity index (χ4v) is 2.97.